The molecule has 12 heteroatoms. The molecule has 4 rings (SSSR count). The smallest absolute Gasteiger partial charge is 0.303 e. The number of carboxylic acid groups (broad SMARTS) is 1. The molecule has 12 nitrogen and oxygen atoms in total. The zero-order chi connectivity index (χ0) is 31.1. The first kappa shape index (κ1) is 30.6. The molecule has 2 aromatic carbocycles. The summed E-state index contributed by atoms with van der Waals surface area (Å²) in [6.07, 6.45) is 4.30. The first-order valence-corrected chi connectivity index (χ1v) is 13.7. The standard InChI is InChI=1S/C31H33N7O5/c1-5-21(18-39)14-28-34-36-38(35-28)17-22-9-10-23(7-6-8-29(40)41)26(13-22)33-30(42)20(3)37-16-19(2)25-12-11-24(15-27(25)37)31(43)32-4/h5,9-13,15-16,20H,1,6-8,14,17H2,2-4H3,(H,32,43)(H,33,42)(H,40,41). The molecule has 0 fully saturated rings. The number of aliphatic carboxylic acids is 1. The van der Waals surface area contributed by atoms with Crippen molar-refractivity contribution in [2.45, 2.75) is 52.1 Å². The molecule has 3 N–H and O–H groups in total. The maximum absolute atomic E-state index is 13.6. The fourth-order valence-corrected chi connectivity index (χ4v) is 4.78. The third kappa shape index (κ3) is 7.30. The minimum atomic E-state index is -0.890. The van der Waals surface area contributed by atoms with E-state index in [1.165, 1.54) is 10.9 Å². The Kier molecular flexibility index (Phi) is 9.64. The number of hydrogen-bond acceptors (Lipinski definition) is 7. The van der Waals surface area contributed by atoms with Gasteiger partial charge in [-0.1, -0.05) is 30.9 Å². The molecule has 1 unspecified atom stereocenters. The van der Waals surface area contributed by atoms with E-state index in [9.17, 15) is 19.2 Å². The molecule has 43 heavy (non-hydrogen) atoms. The maximum Gasteiger partial charge on any atom is 0.303 e. The summed E-state index contributed by atoms with van der Waals surface area (Å²) < 4.78 is 1.84. The zero-order valence-electron chi connectivity index (χ0n) is 24.3. The Bertz CT molecular complexity index is 1750. The summed E-state index contributed by atoms with van der Waals surface area (Å²) in [7, 11) is 1.57. The number of hydrogen-bond donors (Lipinski definition) is 3. The van der Waals surface area contributed by atoms with E-state index in [1.54, 1.807) is 32.0 Å². The molecular formula is C31H33N7O5. The third-order valence-corrected chi connectivity index (χ3v) is 7.13. The van der Waals surface area contributed by atoms with Gasteiger partial charge in [0.05, 0.1) is 6.54 Å². The number of rotatable bonds is 13. The lowest BCUT2D eigenvalue weighted by Gasteiger charge is -2.18. The topological polar surface area (TPSA) is 161 Å². The van der Waals surface area contributed by atoms with E-state index in [2.05, 4.69) is 32.6 Å². The summed E-state index contributed by atoms with van der Waals surface area (Å²) in [5.74, 6) is 0.749. The van der Waals surface area contributed by atoms with Crippen LogP contribution >= 0.6 is 0 Å². The van der Waals surface area contributed by atoms with Crippen molar-refractivity contribution in [3.8, 4) is 0 Å². The largest absolute Gasteiger partial charge is 0.481 e. The molecule has 0 radical (unpaired) electrons. The van der Waals surface area contributed by atoms with Gasteiger partial charge in [-0.25, -0.2) is 4.79 Å². The van der Waals surface area contributed by atoms with E-state index in [4.69, 9.17) is 5.11 Å². The second kappa shape index (κ2) is 13.5. The van der Waals surface area contributed by atoms with Gasteiger partial charge >= 0.3 is 5.97 Å². The van der Waals surface area contributed by atoms with Gasteiger partial charge in [-0.05, 0) is 66.8 Å². The lowest BCUT2D eigenvalue weighted by molar-refractivity contribution is -0.137. The quantitative estimate of drug-likeness (QED) is 0.159. The van der Waals surface area contributed by atoms with E-state index >= 15 is 0 Å². The van der Waals surface area contributed by atoms with E-state index in [0.717, 1.165) is 27.6 Å². The molecule has 222 valence electrons. The van der Waals surface area contributed by atoms with Gasteiger partial charge in [-0.15, -0.1) is 10.2 Å². The highest BCUT2D eigenvalue weighted by atomic mass is 16.4. The molecule has 4 aromatic rings. The highest BCUT2D eigenvalue weighted by Crippen LogP contribution is 2.27. The normalized spacial score (nSPS) is 11.5. The summed E-state index contributed by atoms with van der Waals surface area (Å²) in [4.78, 5) is 49.3. The number of nitrogens with zero attached hydrogens (tertiary/aromatic N) is 5. The zero-order valence-corrected chi connectivity index (χ0v) is 24.3. The minimum Gasteiger partial charge on any atom is -0.481 e. The second-order valence-corrected chi connectivity index (χ2v) is 10.2. The van der Waals surface area contributed by atoms with Crippen molar-refractivity contribution in [1.29, 1.82) is 0 Å². The number of aromatic nitrogens is 5. The van der Waals surface area contributed by atoms with Crippen LogP contribution < -0.4 is 10.6 Å². The number of carboxylic acids is 1. The van der Waals surface area contributed by atoms with Gasteiger partial charge in [-0.3, -0.25) is 14.4 Å². The third-order valence-electron chi connectivity index (χ3n) is 7.13. The van der Waals surface area contributed by atoms with Gasteiger partial charge in [-0.2, -0.15) is 4.80 Å². The van der Waals surface area contributed by atoms with Crippen molar-refractivity contribution in [1.82, 2.24) is 30.1 Å². The van der Waals surface area contributed by atoms with Crippen LogP contribution in [0.25, 0.3) is 10.9 Å². The molecule has 0 spiro atoms. The van der Waals surface area contributed by atoms with Crippen LogP contribution in [-0.4, -0.2) is 60.7 Å². The summed E-state index contributed by atoms with van der Waals surface area (Å²) >= 11 is 0. The molecular weight excluding hydrogens is 550 g/mol. The molecule has 0 saturated heterocycles. The predicted molar refractivity (Wildman–Crippen MR) is 160 cm³/mol. The predicted octanol–water partition coefficient (Wildman–Crippen LogP) is 3.44. The highest BCUT2D eigenvalue weighted by Gasteiger charge is 2.21. The first-order valence-electron chi connectivity index (χ1n) is 13.7. The Morgan fingerprint density at radius 1 is 1.19 bits per heavy atom. The Morgan fingerprint density at radius 2 is 1.98 bits per heavy atom. The molecule has 0 aliphatic heterocycles. The Morgan fingerprint density at radius 3 is 2.67 bits per heavy atom. The first-order chi connectivity index (χ1) is 20.6. The van der Waals surface area contributed by atoms with Crippen LogP contribution in [0.5, 0.6) is 0 Å². The Labute approximate surface area is 248 Å². The van der Waals surface area contributed by atoms with Crippen molar-refractivity contribution in [2.24, 2.45) is 0 Å². The number of allylic oxidation sites excluding steroid dienone is 2. The van der Waals surface area contributed by atoms with Crippen LogP contribution in [0.3, 0.4) is 0 Å². The van der Waals surface area contributed by atoms with Gasteiger partial charge in [0.1, 0.15) is 12.0 Å². The van der Waals surface area contributed by atoms with Crippen LogP contribution in [0, 0.1) is 6.92 Å². The molecule has 2 amide bonds. The summed E-state index contributed by atoms with van der Waals surface area (Å²) in [5.41, 5.74) is 4.66. The van der Waals surface area contributed by atoms with Gasteiger partial charge < -0.3 is 20.3 Å². The van der Waals surface area contributed by atoms with Crippen LogP contribution in [-0.2, 0) is 33.8 Å². The number of carbonyl (C=O) groups excluding carboxylic acids is 3. The van der Waals surface area contributed by atoms with E-state index in [-0.39, 0.29) is 31.2 Å². The van der Waals surface area contributed by atoms with E-state index in [1.807, 2.05) is 42.0 Å². The molecule has 2 aromatic heterocycles. The van der Waals surface area contributed by atoms with E-state index in [0.29, 0.717) is 35.5 Å². The monoisotopic (exact) mass is 583 g/mol. The highest BCUT2D eigenvalue weighted by molar-refractivity contribution is 6.00. The van der Waals surface area contributed by atoms with Crippen molar-refractivity contribution in [3.63, 3.8) is 0 Å². The molecule has 0 bridgehead atoms. The SMILES string of the molecule is C=CC(=C=O)Cc1nnn(Cc2ccc(CCCC(=O)O)c(NC(=O)C(C)n3cc(C)c4ccc(C(=O)NC)cc43)c2)n1. The number of anilines is 1. The van der Waals surface area contributed by atoms with Gasteiger partial charge in [0.15, 0.2) is 5.82 Å². The van der Waals surface area contributed by atoms with Crippen molar-refractivity contribution in [2.75, 3.05) is 12.4 Å². The van der Waals surface area contributed by atoms with E-state index < -0.39 is 12.0 Å². The molecule has 2 heterocycles. The number of fused-ring (bicyclic) bond motifs is 1. The number of nitrogens with one attached hydrogen (secondary N) is 2. The van der Waals surface area contributed by atoms with Crippen molar-refractivity contribution >= 4 is 40.3 Å². The maximum atomic E-state index is 13.6. The average molecular weight is 584 g/mol. The van der Waals surface area contributed by atoms with Crippen LogP contribution in [0.4, 0.5) is 5.69 Å². The number of amides is 2. The van der Waals surface area contributed by atoms with Gasteiger partial charge in [0.2, 0.25) is 5.91 Å². The van der Waals surface area contributed by atoms with Gasteiger partial charge in [0.25, 0.3) is 5.91 Å². The summed E-state index contributed by atoms with van der Waals surface area (Å²) in [5, 5.41) is 28.1. The summed E-state index contributed by atoms with van der Waals surface area (Å²) in [6.45, 7) is 7.55. The molecule has 1 atom stereocenters. The van der Waals surface area contributed by atoms with Gasteiger partial charge in [0, 0.05) is 53.8 Å². The van der Waals surface area contributed by atoms with Crippen LogP contribution in [0.15, 0.2) is 60.8 Å². The summed E-state index contributed by atoms with van der Waals surface area (Å²) in [6, 6.07) is 10.3. The van der Waals surface area contributed by atoms with Crippen molar-refractivity contribution < 1.29 is 24.3 Å². The average Bonchev–Trinajstić information content (AvgIpc) is 3.58. The fourth-order valence-electron chi connectivity index (χ4n) is 4.78. The Balaban J connectivity index is 1.60. The molecule has 0 aliphatic carbocycles. The minimum absolute atomic E-state index is 0.00142. The molecule has 0 saturated carbocycles. The lowest BCUT2D eigenvalue weighted by Crippen LogP contribution is -2.24. The van der Waals surface area contributed by atoms with Crippen molar-refractivity contribution in [3.05, 3.63) is 88.9 Å². The van der Waals surface area contributed by atoms with Crippen LogP contribution in [0.2, 0.25) is 0 Å². The molecule has 0 aliphatic rings. The fraction of sp³-hybridized carbons (Fsp3) is 0.290. The van der Waals surface area contributed by atoms with Crippen LogP contribution in [0.1, 0.15) is 58.7 Å². The number of carbonyl (C=O) groups is 3. The number of tetrazole rings is 1. The Hall–Kier alpha value is -5.35. The second-order valence-electron chi connectivity index (χ2n) is 10.2. The number of benzene rings is 2. The number of aryl methyl sites for hydroxylation is 2. The lowest BCUT2D eigenvalue weighted by atomic mass is 10.0.